The Hall–Kier alpha value is -1.88. The van der Waals surface area contributed by atoms with E-state index in [4.69, 9.17) is 20.9 Å². The van der Waals surface area contributed by atoms with Gasteiger partial charge in [-0.15, -0.1) is 11.3 Å². The smallest absolute Gasteiger partial charge is 0.135 e. The molecule has 0 fully saturated rings. The zero-order valence-electron chi connectivity index (χ0n) is 12.9. The highest BCUT2D eigenvalue weighted by Gasteiger charge is 2.24. The summed E-state index contributed by atoms with van der Waals surface area (Å²) in [5.41, 5.74) is 7.65. The van der Waals surface area contributed by atoms with Crippen molar-refractivity contribution in [3.8, 4) is 5.75 Å². The molecule has 0 aliphatic carbocycles. The molecular weight excluding hydrogens is 282 g/mol. The Balaban J connectivity index is 2.30. The standard InChI is InChI=1S/C16H21N3OS/c1-16(2,3)14-13(15(17)18)21-12(19-14)9-10-5-7-11(20-4)8-6-10/h5-8H,9H2,1-4H3,(H3,17,18). The first kappa shape index (κ1) is 15.5. The van der Waals surface area contributed by atoms with E-state index >= 15 is 0 Å². The van der Waals surface area contributed by atoms with Crippen LogP contribution in [0, 0.1) is 5.41 Å². The molecule has 4 nitrogen and oxygen atoms in total. The van der Waals surface area contributed by atoms with Crippen molar-refractivity contribution in [1.29, 1.82) is 5.41 Å². The first-order valence-electron chi connectivity index (χ1n) is 6.78. The van der Waals surface area contributed by atoms with E-state index in [9.17, 15) is 0 Å². The number of rotatable bonds is 4. The van der Waals surface area contributed by atoms with Gasteiger partial charge < -0.3 is 10.5 Å². The van der Waals surface area contributed by atoms with E-state index in [-0.39, 0.29) is 11.3 Å². The van der Waals surface area contributed by atoms with Crippen molar-refractivity contribution in [1.82, 2.24) is 4.98 Å². The number of amidine groups is 1. The van der Waals surface area contributed by atoms with Crippen LogP contribution in [0.2, 0.25) is 0 Å². The molecular formula is C16H21N3OS. The molecule has 1 aromatic heterocycles. The molecule has 0 spiro atoms. The Morgan fingerprint density at radius 3 is 2.33 bits per heavy atom. The topological polar surface area (TPSA) is 72.0 Å². The summed E-state index contributed by atoms with van der Waals surface area (Å²) in [6, 6.07) is 7.95. The molecule has 0 saturated heterocycles. The van der Waals surface area contributed by atoms with Gasteiger partial charge in [0.2, 0.25) is 0 Å². The Labute approximate surface area is 129 Å². The van der Waals surface area contributed by atoms with Gasteiger partial charge in [0.25, 0.3) is 0 Å². The second-order valence-electron chi connectivity index (χ2n) is 5.97. The van der Waals surface area contributed by atoms with E-state index in [1.807, 2.05) is 24.3 Å². The number of nitrogens with one attached hydrogen (secondary N) is 1. The van der Waals surface area contributed by atoms with Gasteiger partial charge in [0, 0.05) is 11.8 Å². The quantitative estimate of drug-likeness (QED) is 0.672. The molecule has 3 N–H and O–H groups in total. The number of aromatic nitrogens is 1. The molecule has 5 heteroatoms. The summed E-state index contributed by atoms with van der Waals surface area (Å²) in [5.74, 6) is 0.941. The fourth-order valence-electron chi connectivity index (χ4n) is 2.05. The summed E-state index contributed by atoms with van der Waals surface area (Å²) in [6.45, 7) is 6.27. The largest absolute Gasteiger partial charge is 0.497 e. The minimum Gasteiger partial charge on any atom is -0.497 e. The number of nitrogens with zero attached hydrogens (tertiary/aromatic N) is 1. The van der Waals surface area contributed by atoms with Gasteiger partial charge in [-0.05, 0) is 17.7 Å². The molecule has 21 heavy (non-hydrogen) atoms. The Morgan fingerprint density at radius 1 is 1.29 bits per heavy atom. The molecule has 0 radical (unpaired) electrons. The van der Waals surface area contributed by atoms with E-state index in [1.165, 1.54) is 16.9 Å². The second-order valence-corrected chi connectivity index (χ2v) is 7.06. The van der Waals surface area contributed by atoms with E-state index in [2.05, 4.69) is 20.8 Å². The van der Waals surface area contributed by atoms with E-state index < -0.39 is 0 Å². The average Bonchev–Trinajstić information content (AvgIpc) is 2.84. The minimum atomic E-state index is -0.115. The molecule has 0 bridgehead atoms. The molecule has 0 saturated carbocycles. The number of nitrogens with two attached hydrogens (primary N) is 1. The van der Waals surface area contributed by atoms with Crippen molar-refractivity contribution in [2.24, 2.45) is 5.73 Å². The van der Waals surface area contributed by atoms with E-state index in [0.29, 0.717) is 0 Å². The van der Waals surface area contributed by atoms with Crippen LogP contribution < -0.4 is 10.5 Å². The minimum absolute atomic E-state index is 0.0957. The number of ether oxygens (including phenoxy) is 1. The summed E-state index contributed by atoms with van der Waals surface area (Å²) in [5, 5.41) is 8.72. The maximum atomic E-state index is 7.73. The highest BCUT2D eigenvalue weighted by molar-refractivity contribution is 7.13. The molecule has 2 rings (SSSR count). The number of nitrogen functional groups attached to an aromatic ring is 1. The first-order chi connectivity index (χ1) is 9.81. The highest BCUT2D eigenvalue weighted by atomic mass is 32.1. The third-order valence-electron chi connectivity index (χ3n) is 3.14. The molecule has 0 unspecified atom stereocenters. The van der Waals surface area contributed by atoms with Crippen LogP contribution in [0.4, 0.5) is 0 Å². The molecule has 2 aromatic rings. The van der Waals surface area contributed by atoms with Crippen molar-refractivity contribution in [3.05, 3.63) is 45.4 Å². The van der Waals surface area contributed by atoms with Gasteiger partial charge >= 0.3 is 0 Å². The lowest BCUT2D eigenvalue weighted by molar-refractivity contribution is 0.414. The maximum Gasteiger partial charge on any atom is 0.135 e. The molecule has 1 aromatic carbocycles. The molecule has 0 atom stereocenters. The van der Waals surface area contributed by atoms with Crippen molar-refractivity contribution in [3.63, 3.8) is 0 Å². The van der Waals surface area contributed by atoms with Crippen LogP contribution in [0.3, 0.4) is 0 Å². The molecule has 0 amide bonds. The summed E-state index contributed by atoms with van der Waals surface area (Å²) >= 11 is 1.51. The fourth-order valence-corrected chi connectivity index (χ4v) is 3.22. The highest BCUT2D eigenvalue weighted by Crippen LogP contribution is 2.30. The van der Waals surface area contributed by atoms with E-state index in [0.717, 1.165) is 27.7 Å². The predicted molar refractivity (Wildman–Crippen MR) is 87.6 cm³/mol. The number of thiazole rings is 1. The molecule has 0 aliphatic rings. The van der Waals surface area contributed by atoms with Crippen LogP contribution in [0.5, 0.6) is 5.75 Å². The monoisotopic (exact) mass is 303 g/mol. The van der Waals surface area contributed by atoms with E-state index in [1.54, 1.807) is 7.11 Å². The van der Waals surface area contributed by atoms with Crippen LogP contribution in [0.1, 0.15) is 41.9 Å². The number of benzene rings is 1. The number of hydrogen-bond acceptors (Lipinski definition) is 4. The molecule has 1 heterocycles. The van der Waals surface area contributed by atoms with Crippen molar-refractivity contribution in [2.75, 3.05) is 7.11 Å². The van der Waals surface area contributed by atoms with Gasteiger partial charge in [0.15, 0.2) is 0 Å². The van der Waals surface area contributed by atoms with Crippen molar-refractivity contribution >= 4 is 17.2 Å². The van der Waals surface area contributed by atoms with Crippen LogP contribution in [0.25, 0.3) is 0 Å². The Bertz CT molecular complexity index is 639. The van der Waals surface area contributed by atoms with Gasteiger partial charge in [-0.3, -0.25) is 5.41 Å². The lowest BCUT2D eigenvalue weighted by Crippen LogP contribution is -2.19. The van der Waals surface area contributed by atoms with Crippen LogP contribution in [0.15, 0.2) is 24.3 Å². The summed E-state index contributed by atoms with van der Waals surface area (Å²) in [7, 11) is 1.66. The van der Waals surface area contributed by atoms with Gasteiger partial charge in [0.1, 0.15) is 11.6 Å². The Morgan fingerprint density at radius 2 is 1.90 bits per heavy atom. The number of hydrogen-bond donors (Lipinski definition) is 2. The zero-order chi connectivity index (χ0) is 15.6. The lowest BCUT2D eigenvalue weighted by Gasteiger charge is -2.16. The lowest BCUT2D eigenvalue weighted by atomic mass is 9.91. The molecule has 112 valence electrons. The summed E-state index contributed by atoms with van der Waals surface area (Å²) in [6.07, 6.45) is 0.741. The van der Waals surface area contributed by atoms with Crippen molar-refractivity contribution < 1.29 is 4.74 Å². The summed E-state index contributed by atoms with van der Waals surface area (Å²) < 4.78 is 5.16. The number of methoxy groups -OCH3 is 1. The third kappa shape index (κ3) is 3.61. The molecule has 0 aliphatic heterocycles. The maximum absolute atomic E-state index is 7.73. The SMILES string of the molecule is COc1ccc(Cc2nc(C(C)(C)C)c(C(=N)N)s2)cc1. The van der Waals surface area contributed by atoms with Crippen LogP contribution in [-0.4, -0.2) is 17.9 Å². The summed E-state index contributed by atoms with van der Waals surface area (Å²) in [4.78, 5) is 5.49. The van der Waals surface area contributed by atoms with Crippen LogP contribution >= 0.6 is 11.3 Å². The first-order valence-corrected chi connectivity index (χ1v) is 7.60. The van der Waals surface area contributed by atoms with Gasteiger partial charge in [-0.1, -0.05) is 32.9 Å². The predicted octanol–water partition coefficient (Wildman–Crippen LogP) is 3.32. The third-order valence-corrected chi connectivity index (χ3v) is 4.23. The second kappa shape index (κ2) is 5.85. The van der Waals surface area contributed by atoms with Gasteiger partial charge in [-0.25, -0.2) is 4.98 Å². The normalized spacial score (nSPS) is 11.4. The zero-order valence-corrected chi connectivity index (χ0v) is 13.7. The van der Waals surface area contributed by atoms with Gasteiger partial charge in [-0.2, -0.15) is 0 Å². The van der Waals surface area contributed by atoms with Crippen LogP contribution in [-0.2, 0) is 11.8 Å². The Kier molecular flexibility index (Phi) is 4.32. The fraction of sp³-hybridized carbons (Fsp3) is 0.375. The van der Waals surface area contributed by atoms with Gasteiger partial charge in [0.05, 0.1) is 22.7 Å². The average molecular weight is 303 g/mol. The van der Waals surface area contributed by atoms with Crippen molar-refractivity contribution in [2.45, 2.75) is 32.6 Å².